The summed E-state index contributed by atoms with van der Waals surface area (Å²) in [5.41, 5.74) is 1.27. The predicted molar refractivity (Wildman–Crippen MR) is 62.3 cm³/mol. The Morgan fingerprint density at radius 1 is 1.47 bits per heavy atom. The summed E-state index contributed by atoms with van der Waals surface area (Å²) in [4.78, 5) is 0. The molecule has 1 aromatic carbocycles. The molecule has 2 aromatic rings. The van der Waals surface area contributed by atoms with Gasteiger partial charge in [-0.3, -0.25) is 9.82 Å². The van der Waals surface area contributed by atoms with Crippen molar-refractivity contribution >= 4 is 42.5 Å². The smallest absolute Gasteiger partial charge is 0.229 e. The van der Waals surface area contributed by atoms with Crippen LogP contribution in [0.15, 0.2) is 22.8 Å². The molecule has 0 spiro atoms. The van der Waals surface area contributed by atoms with Crippen LogP contribution < -0.4 is 4.72 Å². The van der Waals surface area contributed by atoms with Crippen molar-refractivity contribution in [1.29, 1.82) is 0 Å². The monoisotopic (exact) mass is 289 g/mol. The van der Waals surface area contributed by atoms with E-state index in [1.54, 1.807) is 18.3 Å². The second kappa shape index (κ2) is 3.49. The number of H-pyrrole nitrogens is 1. The zero-order chi connectivity index (χ0) is 11.1. The third-order valence-corrected chi connectivity index (χ3v) is 3.07. The lowest BCUT2D eigenvalue weighted by molar-refractivity contribution is 0.607. The first-order valence-electron chi connectivity index (χ1n) is 4.06. The molecular weight excluding hydrogens is 282 g/mol. The SMILES string of the molecule is CS(=O)(=O)Nc1cc(Br)c2cn[nH]c2c1. The number of halogens is 1. The second-order valence-corrected chi connectivity index (χ2v) is 5.77. The summed E-state index contributed by atoms with van der Waals surface area (Å²) in [6.45, 7) is 0. The van der Waals surface area contributed by atoms with Crippen LogP contribution in [-0.4, -0.2) is 24.9 Å². The van der Waals surface area contributed by atoms with Gasteiger partial charge in [-0.15, -0.1) is 0 Å². The van der Waals surface area contributed by atoms with Gasteiger partial charge in [0.15, 0.2) is 0 Å². The molecule has 1 aromatic heterocycles. The van der Waals surface area contributed by atoms with Gasteiger partial charge in [0, 0.05) is 9.86 Å². The van der Waals surface area contributed by atoms with Gasteiger partial charge in [-0.1, -0.05) is 0 Å². The number of aromatic amines is 1. The van der Waals surface area contributed by atoms with E-state index in [2.05, 4.69) is 30.8 Å². The lowest BCUT2D eigenvalue weighted by atomic mass is 10.2. The molecule has 80 valence electrons. The standard InChI is InChI=1S/C8H8BrN3O2S/c1-15(13,14)12-5-2-7(9)6-4-10-11-8(6)3-5/h2-4,12H,1H3,(H,10,11). The van der Waals surface area contributed by atoms with E-state index in [0.29, 0.717) is 5.69 Å². The van der Waals surface area contributed by atoms with Crippen LogP contribution in [0.4, 0.5) is 5.69 Å². The van der Waals surface area contributed by atoms with E-state index in [1.165, 1.54) is 0 Å². The number of hydrogen-bond acceptors (Lipinski definition) is 3. The number of hydrogen-bond donors (Lipinski definition) is 2. The average Bonchev–Trinajstić information content (AvgIpc) is 2.48. The highest BCUT2D eigenvalue weighted by atomic mass is 79.9. The maximum atomic E-state index is 11.0. The number of fused-ring (bicyclic) bond motifs is 1. The van der Waals surface area contributed by atoms with Crippen molar-refractivity contribution in [3.05, 3.63) is 22.8 Å². The first-order chi connectivity index (χ1) is 6.96. The van der Waals surface area contributed by atoms with Crippen molar-refractivity contribution in [3.63, 3.8) is 0 Å². The Kier molecular flexibility index (Phi) is 2.43. The first-order valence-corrected chi connectivity index (χ1v) is 6.74. The number of aromatic nitrogens is 2. The Morgan fingerprint density at radius 2 is 2.20 bits per heavy atom. The first kappa shape index (κ1) is 10.4. The van der Waals surface area contributed by atoms with Crippen LogP contribution in [0.3, 0.4) is 0 Å². The summed E-state index contributed by atoms with van der Waals surface area (Å²) in [5, 5.41) is 7.55. The van der Waals surface area contributed by atoms with E-state index in [-0.39, 0.29) is 0 Å². The number of rotatable bonds is 2. The second-order valence-electron chi connectivity index (χ2n) is 3.16. The van der Waals surface area contributed by atoms with Crippen LogP contribution in [0.25, 0.3) is 10.9 Å². The van der Waals surface area contributed by atoms with E-state index in [9.17, 15) is 8.42 Å². The summed E-state index contributed by atoms with van der Waals surface area (Å²) in [7, 11) is -3.25. The molecule has 0 saturated carbocycles. The molecule has 1 heterocycles. The molecule has 0 aliphatic carbocycles. The van der Waals surface area contributed by atoms with E-state index >= 15 is 0 Å². The Labute approximate surface area is 95.1 Å². The van der Waals surface area contributed by atoms with Crippen molar-refractivity contribution in [2.75, 3.05) is 11.0 Å². The summed E-state index contributed by atoms with van der Waals surface area (Å²) in [5.74, 6) is 0. The number of nitrogens with one attached hydrogen (secondary N) is 2. The highest BCUT2D eigenvalue weighted by Gasteiger charge is 2.06. The Hall–Kier alpha value is -1.08. The number of anilines is 1. The van der Waals surface area contributed by atoms with Gasteiger partial charge in [-0.2, -0.15) is 5.10 Å². The average molecular weight is 290 g/mol. The third kappa shape index (κ3) is 2.29. The highest BCUT2D eigenvalue weighted by Crippen LogP contribution is 2.26. The van der Waals surface area contributed by atoms with Crippen LogP contribution in [0.5, 0.6) is 0 Å². The molecule has 0 bridgehead atoms. The van der Waals surface area contributed by atoms with Gasteiger partial charge >= 0.3 is 0 Å². The molecule has 0 aliphatic heterocycles. The molecule has 5 nitrogen and oxygen atoms in total. The van der Waals surface area contributed by atoms with E-state index in [1.807, 2.05) is 0 Å². The molecule has 2 N–H and O–H groups in total. The topological polar surface area (TPSA) is 74.8 Å². The van der Waals surface area contributed by atoms with Gasteiger partial charge < -0.3 is 0 Å². The van der Waals surface area contributed by atoms with Gasteiger partial charge in [0.1, 0.15) is 0 Å². The number of benzene rings is 1. The van der Waals surface area contributed by atoms with Crippen molar-refractivity contribution < 1.29 is 8.42 Å². The predicted octanol–water partition coefficient (Wildman–Crippen LogP) is 1.70. The Balaban J connectivity index is 2.54. The van der Waals surface area contributed by atoms with Crippen LogP contribution in [0, 0.1) is 0 Å². The highest BCUT2D eigenvalue weighted by molar-refractivity contribution is 9.10. The largest absolute Gasteiger partial charge is 0.284 e. The molecule has 0 fully saturated rings. The van der Waals surface area contributed by atoms with Crippen molar-refractivity contribution in [3.8, 4) is 0 Å². The normalized spacial score (nSPS) is 11.9. The minimum Gasteiger partial charge on any atom is -0.284 e. The summed E-state index contributed by atoms with van der Waals surface area (Å²) in [6.07, 6.45) is 2.78. The van der Waals surface area contributed by atoms with Crippen molar-refractivity contribution in [2.24, 2.45) is 0 Å². The lowest BCUT2D eigenvalue weighted by Gasteiger charge is -2.04. The van der Waals surface area contributed by atoms with Crippen LogP contribution in [0.1, 0.15) is 0 Å². The summed E-state index contributed by atoms with van der Waals surface area (Å²) in [6, 6.07) is 3.38. The van der Waals surface area contributed by atoms with Crippen LogP contribution in [-0.2, 0) is 10.0 Å². The van der Waals surface area contributed by atoms with E-state index in [4.69, 9.17) is 0 Å². The fourth-order valence-electron chi connectivity index (χ4n) is 1.28. The Bertz CT molecular complexity index is 605. The van der Waals surface area contributed by atoms with Gasteiger partial charge in [0.25, 0.3) is 0 Å². The molecule has 2 rings (SSSR count). The van der Waals surface area contributed by atoms with Crippen LogP contribution >= 0.6 is 15.9 Å². The maximum Gasteiger partial charge on any atom is 0.229 e. The zero-order valence-electron chi connectivity index (χ0n) is 7.78. The fraction of sp³-hybridized carbons (Fsp3) is 0.125. The molecule has 0 amide bonds. The number of nitrogens with zero attached hydrogens (tertiary/aromatic N) is 1. The lowest BCUT2D eigenvalue weighted by Crippen LogP contribution is -2.09. The maximum absolute atomic E-state index is 11.0. The fourth-order valence-corrected chi connectivity index (χ4v) is 2.39. The van der Waals surface area contributed by atoms with Gasteiger partial charge in [-0.25, -0.2) is 8.42 Å². The van der Waals surface area contributed by atoms with Gasteiger partial charge in [0.05, 0.1) is 23.7 Å². The minimum absolute atomic E-state index is 0.501. The van der Waals surface area contributed by atoms with Gasteiger partial charge in [-0.05, 0) is 28.1 Å². The van der Waals surface area contributed by atoms with E-state index < -0.39 is 10.0 Å². The molecular formula is C8H8BrN3O2S. The van der Waals surface area contributed by atoms with Crippen molar-refractivity contribution in [2.45, 2.75) is 0 Å². The van der Waals surface area contributed by atoms with E-state index in [0.717, 1.165) is 21.6 Å². The molecule has 0 radical (unpaired) electrons. The van der Waals surface area contributed by atoms with Crippen LogP contribution in [0.2, 0.25) is 0 Å². The quantitative estimate of drug-likeness (QED) is 0.884. The molecule has 7 heteroatoms. The minimum atomic E-state index is -3.25. The number of sulfonamides is 1. The third-order valence-electron chi connectivity index (χ3n) is 1.81. The zero-order valence-corrected chi connectivity index (χ0v) is 10.2. The molecule has 0 unspecified atom stereocenters. The molecule has 0 atom stereocenters. The summed E-state index contributed by atoms with van der Waals surface area (Å²) >= 11 is 3.34. The molecule has 0 aliphatic rings. The molecule has 0 saturated heterocycles. The van der Waals surface area contributed by atoms with Crippen molar-refractivity contribution in [1.82, 2.24) is 10.2 Å². The molecule has 15 heavy (non-hydrogen) atoms. The Morgan fingerprint density at radius 3 is 2.87 bits per heavy atom. The summed E-state index contributed by atoms with van der Waals surface area (Å²) < 4.78 is 25.3. The van der Waals surface area contributed by atoms with Gasteiger partial charge in [0.2, 0.25) is 10.0 Å².